The van der Waals surface area contributed by atoms with E-state index in [2.05, 4.69) is 5.32 Å². The number of carbonyl (C=O) groups excluding carboxylic acids is 1. The van der Waals surface area contributed by atoms with Crippen LogP contribution in [0.15, 0.2) is 18.2 Å². The lowest BCUT2D eigenvalue weighted by atomic mass is 9.62. The number of nitrogens with one attached hydrogen (secondary N) is 1. The first-order chi connectivity index (χ1) is 10.5. The van der Waals surface area contributed by atoms with Crippen LogP contribution < -0.4 is 5.32 Å². The first-order valence-electron chi connectivity index (χ1n) is 7.28. The Morgan fingerprint density at radius 3 is 2.39 bits per heavy atom. The second kappa shape index (κ2) is 5.73. The van der Waals surface area contributed by atoms with E-state index in [1.54, 1.807) is 20.8 Å². The Labute approximate surface area is 133 Å². The monoisotopic (exact) mass is 323 g/mol. The molecule has 0 saturated heterocycles. The molecule has 0 unspecified atom stereocenters. The maximum absolute atomic E-state index is 11.9. The maximum atomic E-state index is 11.9. The van der Waals surface area contributed by atoms with Crippen LogP contribution in [-0.2, 0) is 14.9 Å². The lowest BCUT2D eigenvalue weighted by Crippen LogP contribution is -2.51. The normalized spacial score (nSPS) is 23.7. The molecule has 1 aliphatic carbocycles. The first-order valence-corrected chi connectivity index (χ1v) is 7.28. The van der Waals surface area contributed by atoms with Crippen LogP contribution in [0.4, 0.5) is 10.5 Å². The molecule has 23 heavy (non-hydrogen) atoms. The van der Waals surface area contributed by atoms with E-state index in [1.165, 1.54) is 18.2 Å². The number of hydrogen-bond donors (Lipinski definition) is 4. The summed E-state index contributed by atoms with van der Waals surface area (Å²) in [5.74, 6) is -1.22. The average molecular weight is 323 g/mol. The molecule has 0 bridgehead atoms. The molecule has 0 aromatic heterocycles. The molecule has 1 fully saturated rings. The summed E-state index contributed by atoms with van der Waals surface area (Å²) in [4.78, 5) is 23.6. The van der Waals surface area contributed by atoms with E-state index in [1.807, 2.05) is 0 Å². The number of anilines is 1. The molecule has 1 aromatic carbocycles. The standard InChI is InChI=1S/C16H21NO6/c1-15(2,3)23-14(22)17-12-5-4-9(18)6-11(12)16(13(20)21)7-10(19)8-16/h4-6,10,18-19H,7-8H2,1-3H3,(H,17,22)(H,20,21). The molecule has 0 aliphatic heterocycles. The number of aliphatic carboxylic acids is 1. The Bertz CT molecular complexity index is 628. The molecular weight excluding hydrogens is 302 g/mol. The molecular formula is C16H21NO6. The van der Waals surface area contributed by atoms with Crippen molar-refractivity contribution in [3.05, 3.63) is 23.8 Å². The highest BCUT2D eigenvalue weighted by molar-refractivity contribution is 5.91. The van der Waals surface area contributed by atoms with Gasteiger partial charge in [0.1, 0.15) is 11.4 Å². The van der Waals surface area contributed by atoms with Gasteiger partial charge >= 0.3 is 12.1 Å². The van der Waals surface area contributed by atoms with Crippen LogP contribution in [0.2, 0.25) is 0 Å². The van der Waals surface area contributed by atoms with Crippen LogP contribution in [0.5, 0.6) is 5.75 Å². The van der Waals surface area contributed by atoms with Crippen LogP contribution in [0.25, 0.3) is 0 Å². The molecule has 126 valence electrons. The second-order valence-corrected chi connectivity index (χ2v) is 6.81. The third-order valence-electron chi connectivity index (χ3n) is 3.73. The molecule has 0 radical (unpaired) electrons. The number of hydrogen-bond acceptors (Lipinski definition) is 5. The first kappa shape index (κ1) is 17.1. The number of aromatic hydroxyl groups is 1. The van der Waals surface area contributed by atoms with Gasteiger partial charge in [0.2, 0.25) is 0 Å². The van der Waals surface area contributed by atoms with Gasteiger partial charge in [-0.1, -0.05) is 0 Å². The summed E-state index contributed by atoms with van der Waals surface area (Å²) in [7, 11) is 0. The van der Waals surface area contributed by atoms with Crippen LogP contribution in [-0.4, -0.2) is 39.1 Å². The molecule has 0 spiro atoms. The summed E-state index contributed by atoms with van der Waals surface area (Å²) in [6.45, 7) is 5.14. The fourth-order valence-corrected chi connectivity index (χ4v) is 2.71. The number of phenolic OH excluding ortho intramolecular Hbond substituents is 1. The summed E-state index contributed by atoms with van der Waals surface area (Å²) in [6.07, 6.45) is -1.39. The Kier molecular flexibility index (Phi) is 4.26. The third kappa shape index (κ3) is 3.56. The minimum atomic E-state index is -1.33. The molecule has 2 rings (SSSR count). The highest BCUT2D eigenvalue weighted by Gasteiger charge is 2.52. The number of aliphatic hydroxyl groups excluding tert-OH is 1. The second-order valence-electron chi connectivity index (χ2n) is 6.81. The van der Waals surface area contributed by atoms with E-state index in [4.69, 9.17) is 4.74 Å². The number of amides is 1. The van der Waals surface area contributed by atoms with E-state index in [0.717, 1.165) is 0 Å². The molecule has 1 saturated carbocycles. The molecule has 7 nitrogen and oxygen atoms in total. The Balaban J connectivity index is 2.35. The molecule has 7 heteroatoms. The zero-order chi connectivity index (χ0) is 17.4. The van der Waals surface area contributed by atoms with E-state index in [9.17, 15) is 24.9 Å². The number of phenols is 1. The predicted molar refractivity (Wildman–Crippen MR) is 82.5 cm³/mol. The van der Waals surface area contributed by atoms with Crippen LogP contribution in [0, 0.1) is 0 Å². The van der Waals surface area contributed by atoms with Crippen molar-refractivity contribution in [3.8, 4) is 5.75 Å². The van der Waals surface area contributed by atoms with Crippen molar-refractivity contribution in [2.45, 2.75) is 50.7 Å². The zero-order valence-corrected chi connectivity index (χ0v) is 13.3. The van der Waals surface area contributed by atoms with E-state index < -0.39 is 29.2 Å². The molecule has 1 aliphatic rings. The average Bonchev–Trinajstić information content (AvgIpc) is 2.34. The van der Waals surface area contributed by atoms with Crippen LogP contribution >= 0.6 is 0 Å². The lowest BCUT2D eigenvalue weighted by molar-refractivity contribution is -0.152. The Morgan fingerprint density at radius 1 is 1.30 bits per heavy atom. The number of carboxylic acids is 1. The van der Waals surface area contributed by atoms with Crippen molar-refractivity contribution in [1.29, 1.82) is 0 Å². The van der Waals surface area contributed by atoms with Gasteiger partial charge in [-0.3, -0.25) is 10.1 Å². The number of benzene rings is 1. The van der Waals surface area contributed by atoms with Crippen molar-refractivity contribution in [1.82, 2.24) is 0 Å². The van der Waals surface area contributed by atoms with Gasteiger partial charge in [-0.25, -0.2) is 4.79 Å². The highest BCUT2D eigenvalue weighted by atomic mass is 16.6. The molecule has 1 aromatic rings. The highest BCUT2D eigenvalue weighted by Crippen LogP contribution is 2.47. The topological polar surface area (TPSA) is 116 Å². The summed E-state index contributed by atoms with van der Waals surface area (Å²) in [5.41, 5.74) is -1.53. The van der Waals surface area contributed by atoms with Gasteiger partial charge in [0.15, 0.2) is 0 Å². The maximum Gasteiger partial charge on any atom is 0.412 e. The number of carbonyl (C=O) groups is 2. The van der Waals surface area contributed by atoms with Crippen molar-refractivity contribution in [2.75, 3.05) is 5.32 Å². The fourth-order valence-electron chi connectivity index (χ4n) is 2.71. The quantitative estimate of drug-likeness (QED) is 0.634. The summed E-state index contributed by atoms with van der Waals surface area (Å²) in [5, 5.41) is 31.3. The van der Waals surface area contributed by atoms with Crippen molar-refractivity contribution in [2.24, 2.45) is 0 Å². The number of aliphatic hydroxyl groups is 1. The SMILES string of the molecule is CC(C)(C)OC(=O)Nc1ccc(O)cc1C1(C(=O)O)CC(O)C1. The van der Waals surface area contributed by atoms with Crippen molar-refractivity contribution >= 4 is 17.7 Å². The van der Waals surface area contributed by atoms with Gasteiger partial charge in [0, 0.05) is 5.69 Å². The van der Waals surface area contributed by atoms with E-state index in [0.29, 0.717) is 0 Å². The van der Waals surface area contributed by atoms with Crippen molar-refractivity contribution < 1.29 is 29.6 Å². The molecule has 0 atom stereocenters. The number of ether oxygens (including phenoxy) is 1. The fraction of sp³-hybridized carbons (Fsp3) is 0.500. The number of rotatable bonds is 3. The third-order valence-corrected chi connectivity index (χ3v) is 3.73. The smallest absolute Gasteiger partial charge is 0.412 e. The van der Waals surface area contributed by atoms with Gasteiger partial charge in [-0.2, -0.15) is 0 Å². The van der Waals surface area contributed by atoms with Gasteiger partial charge in [-0.05, 0) is 57.4 Å². The zero-order valence-electron chi connectivity index (χ0n) is 13.3. The van der Waals surface area contributed by atoms with Crippen molar-refractivity contribution in [3.63, 3.8) is 0 Å². The van der Waals surface area contributed by atoms with E-state index in [-0.39, 0.29) is 29.8 Å². The Hall–Kier alpha value is -2.28. The minimum absolute atomic E-state index is 0.0226. The predicted octanol–water partition coefficient (Wildman–Crippen LogP) is 2.22. The summed E-state index contributed by atoms with van der Waals surface area (Å²) >= 11 is 0. The largest absolute Gasteiger partial charge is 0.508 e. The molecule has 0 heterocycles. The van der Waals surface area contributed by atoms with Crippen LogP contribution in [0.3, 0.4) is 0 Å². The lowest BCUT2D eigenvalue weighted by Gasteiger charge is -2.42. The minimum Gasteiger partial charge on any atom is -0.508 e. The summed E-state index contributed by atoms with van der Waals surface area (Å²) in [6, 6.07) is 4.07. The van der Waals surface area contributed by atoms with Gasteiger partial charge in [0.05, 0.1) is 11.5 Å². The van der Waals surface area contributed by atoms with Gasteiger partial charge < -0.3 is 20.1 Å². The number of carboxylic acid groups (broad SMARTS) is 1. The van der Waals surface area contributed by atoms with E-state index >= 15 is 0 Å². The van der Waals surface area contributed by atoms with Crippen LogP contribution in [0.1, 0.15) is 39.2 Å². The molecule has 4 N–H and O–H groups in total. The Morgan fingerprint density at radius 2 is 1.91 bits per heavy atom. The summed E-state index contributed by atoms with van der Waals surface area (Å²) < 4.78 is 5.16. The van der Waals surface area contributed by atoms with Gasteiger partial charge in [0.25, 0.3) is 0 Å². The van der Waals surface area contributed by atoms with Gasteiger partial charge in [-0.15, -0.1) is 0 Å². The molecule has 1 amide bonds.